The molecular formula is C19H31NO7S. The Morgan fingerprint density at radius 3 is 2.25 bits per heavy atom. The second-order valence-corrected chi connectivity index (χ2v) is 8.26. The summed E-state index contributed by atoms with van der Waals surface area (Å²) in [5.74, 6) is -1.44. The van der Waals surface area contributed by atoms with Gasteiger partial charge in [-0.1, -0.05) is 20.3 Å². The molecule has 0 aromatic carbocycles. The van der Waals surface area contributed by atoms with Crippen LogP contribution in [-0.2, 0) is 28.6 Å². The fourth-order valence-corrected chi connectivity index (χ4v) is 3.17. The van der Waals surface area contributed by atoms with Gasteiger partial charge in [0.15, 0.2) is 0 Å². The molecular weight excluding hydrogens is 386 g/mol. The molecule has 0 amide bonds. The van der Waals surface area contributed by atoms with Crippen LogP contribution < -0.4 is 0 Å². The Kier molecular flexibility index (Phi) is 11.8. The Morgan fingerprint density at radius 1 is 0.929 bits per heavy atom. The third-order valence-corrected chi connectivity index (χ3v) is 5.20. The number of hydrogen-bond donors (Lipinski definition) is 0. The van der Waals surface area contributed by atoms with Gasteiger partial charge in [0.1, 0.15) is 12.4 Å². The van der Waals surface area contributed by atoms with Gasteiger partial charge in [-0.15, -0.1) is 0 Å². The fourth-order valence-electron chi connectivity index (χ4n) is 2.52. The lowest BCUT2D eigenvalue weighted by Gasteiger charge is -2.25. The molecule has 1 saturated heterocycles. The van der Waals surface area contributed by atoms with E-state index in [1.807, 2.05) is 0 Å². The van der Waals surface area contributed by atoms with Crippen molar-refractivity contribution >= 4 is 34.8 Å². The number of esters is 2. The number of rotatable bonds is 11. The zero-order valence-corrected chi connectivity index (χ0v) is 17.8. The molecule has 0 aromatic rings. The van der Waals surface area contributed by atoms with Crippen molar-refractivity contribution in [3.63, 3.8) is 0 Å². The largest absolute Gasteiger partial charge is 0.464 e. The van der Waals surface area contributed by atoms with Crippen LogP contribution in [0.5, 0.6) is 0 Å². The standard InChI is InChI=1S/C19H31NO7S/c1-14(2)18(23)26-13-27-19(24)28-15(3)16(21)7-8-17(22)25-12-11-20-9-5-4-6-10-20/h14-15H,4-13H2,1-3H3. The highest BCUT2D eigenvalue weighted by Crippen LogP contribution is 2.17. The molecule has 0 spiro atoms. The van der Waals surface area contributed by atoms with Crippen LogP contribution in [0.15, 0.2) is 0 Å². The number of nitrogens with zero attached hydrogens (tertiary/aromatic N) is 1. The Labute approximate surface area is 170 Å². The number of Topliss-reactive ketones (excluding diaryl/α,β-unsaturated/α-hetero) is 1. The smallest absolute Gasteiger partial charge is 0.370 e. The van der Waals surface area contributed by atoms with Crippen LogP contribution in [0.4, 0.5) is 4.79 Å². The zero-order valence-electron chi connectivity index (χ0n) is 16.9. The summed E-state index contributed by atoms with van der Waals surface area (Å²) in [5, 5.41) is -1.36. The number of thioether (sulfide) groups is 1. The van der Waals surface area contributed by atoms with Crippen molar-refractivity contribution in [3.05, 3.63) is 0 Å². The van der Waals surface area contributed by atoms with E-state index in [0.717, 1.165) is 19.6 Å². The average Bonchev–Trinajstić information content (AvgIpc) is 2.66. The third kappa shape index (κ3) is 10.7. The van der Waals surface area contributed by atoms with Crippen molar-refractivity contribution in [2.45, 2.75) is 58.1 Å². The Morgan fingerprint density at radius 2 is 1.61 bits per heavy atom. The minimum atomic E-state index is -0.707. The highest BCUT2D eigenvalue weighted by molar-refractivity contribution is 8.14. The van der Waals surface area contributed by atoms with Crippen LogP contribution in [-0.4, -0.2) is 66.2 Å². The molecule has 1 aliphatic heterocycles. The molecule has 1 heterocycles. The van der Waals surface area contributed by atoms with E-state index in [4.69, 9.17) is 14.2 Å². The van der Waals surface area contributed by atoms with Crippen molar-refractivity contribution < 1.29 is 33.4 Å². The number of hydrogen-bond acceptors (Lipinski definition) is 9. The first kappa shape index (κ1) is 24.4. The van der Waals surface area contributed by atoms with Crippen molar-refractivity contribution in [2.24, 2.45) is 5.92 Å². The first-order valence-electron chi connectivity index (χ1n) is 9.70. The second kappa shape index (κ2) is 13.5. The molecule has 1 aliphatic rings. The first-order valence-corrected chi connectivity index (χ1v) is 10.6. The molecule has 9 heteroatoms. The summed E-state index contributed by atoms with van der Waals surface area (Å²) in [6, 6.07) is 0. The molecule has 0 saturated carbocycles. The Bertz CT molecular complexity index is 532. The van der Waals surface area contributed by atoms with Gasteiger partial charge < -0.3 is 14.2 Å². The highest BCUT2D eigenvalue weighted by atomic mass is 32.2. The normalized spacial score (nSPS) is 15.7. The van der Waals surface area contributed by atoms with Crippen molar-refractivity contribution in [3.8, 4) is 0 Å². The molecule has 1 atom stereocenters. The SMILES string of the molecule is CC(C)C(=O)OCOC(=O)SC(C)C(=O)CCC(=O)OCCN1CCCCC1. The number of ketones is 1. The van der Waals surface area contributed by atoms with E-state index < -0.39 is 29.3 Å². The van der Waals surface area contributed by atoms with Gasteiger partial charge in [0.2, 0.25) is 6.79 Å². The zero-order chi connectivity index (χ0) is 20.9. The number of likely N-dealkylation sites (tertiary alicyclic amines) is 1. The quantitative estimate of drug-likeness (QED) is 0.371. The molecule has 1 fully saturated rings. The fraction of sp³-hybridized carbons (Fsp3) is 0.789. The molecule has 1 rings (SSSR count). The van der Waals surface area contributed by atoms with E-state index in [1.165, 1.54) is 19.3 Å². The van der Waals surface area contributed by atoms with Gasteiger partial charge in [-0.05, 0) is 44.6 Å². The van der Waals surface area contributed by atoms with E-state index in [2.05, 4.69) is 4.90 Å². The van der Waals surface area contributed by atoms with E-state index in [9.17, 15) is 19.2 Å². The number of piperidine rings is 1. The van der Waals surface area contributed by atoms with Gasteiger partial charge in [-0.25, -0.2) is 4.79 Å². The average molecular weight is 418 g/mol. The minimum Gasteiger partial charge on any atom is -0.464 e. The number of carbonyl (C=O) groups excluding carboxylic acids is 4. The molecule has 0 aliphatic carbocycles. The first-order chi connectivity index (χ1) is 13.3. The summed E-state index contributed by atoms with van der Waals surface area (Å²) in [5.41, 5.74) is 0. The van der Waals surface area contributed by atoms with E-state index in [-0.39, 0.29) is 24.5 Å². The Balaban J connectivity index is 2.13. The topological polar surface area (TPSA) is 99.2 Å². The van der Waals surface area contributed by atoms with Crippen molar-refractivity contribution in [2.75, 3.05) is 33.0 Å². The van der Waals surface area contributed by atoms with Gasteiger partial charge in [0, 0.05) is 13.0 Å². The van der Waals surface area contributed by atoms with Crippen LogP contribution >= 0.6 is 11.8 Å². The molecule has 0 N–H and O–H groups in total. The lowest BCUT2D eigenvalue weighted by molar-refractivity contribution is -0.155. The second-order valence-electron chi connectivity index (χ2n) is 6.98. The van der Waals surface area contributed by atoms with E-state index in [0.29, 0.717) is 18.4 Å². The molecule has 0 radical (unpaired) electrons. The number of carbonyl (C=O) groups is 4. The maximum atomic E-state index is 12.0. The van der Waals surface area contributed by atoms with Gasteiger partial charge >= 0.3 is 17.2 Å². The van der Waals surface area contributed by atoms with Crippen LogP contribution in [0.25, 0.3) is 0 Å². The molecule has 28 heavy (non-hydrogen) atoms. The molecule has 8 nitrogen and oxygen atoms in total. The molecule has 0 aromatic heterocycles. The van der Waals surface area contributed by atoms with E-state index in [1.54, 1.807) is 20.8 Å². The molecule has 0 bridgehead atoms. The predicted octanol–water partition coefficient (Wildman–Crippen LogP) is 2.78. The van der Waals surface area contributed by atoms with E-state index >= 15 is 0 Å². The lowest BCUT2D eigenvalue weighted by atomic mass is 10.1. The molecule has 1 unspecified atom stereocenters. The highest BCUT2D eigenvalue weighted by Gasteiger charge is 2.20. The van der Waals surface area contributed by atoms with Crippen LogP contribution in [0.3, 0.4) is 0 Å². The van der Waals surface area contributed by atoms with Crippen LogP contribution in [0.1, 0.15) is 52.9 Å². The number of ether oxygens (including phenoxy) is 3. The molecule has 160 valence electrons. The maximum Gasteiger partial charge on any atom is 0.370 e. The summed E-state index contributed by atoms with van der Waals surface area (Å²) in [4.78, 5) is 49.0. The predicted molar refractivity (Wildman–Crippen MR) is 105 cm³/mol. The van der Waals surface area contributed by atoms with Crippen molar-refractivity contribution in [1.29, 1.82) is 0 Å². The third-order valence-electron chi connectivity index (χ3n) is 4.27. The van der Waals surface area contributed by atoms with Crippen LogP contribution in [0.2, 0.25) is 0 Å². The Hall–Kier alpha value is -1.61. The summed E-state index contributed by atoms with van der Waals surface area (Å²) in [6.07, 6.45) is 3.61. The summed E-state index contributed by atoms with van der Waals surface area (Å²) in [7, 11) is 0. The summed E-state index contributed by atoms with van der Waals surface area (Å²) in [6.45, 7) is 7.55. The van der Waals surface area contributed by atoms with Crippen molar-refractivity contribution in [1.82, 2.24) is 4.90 Å². The van der Waals surface area contributed by atoms with Gasteiger partial charge in [0.05, 0.1) is 17.6 Å². The van der Waals surface area contributed by atoms with Gasteiger partial charge in [-0.2, -0.15) is 0 Å². The maximum absolute atomic E-state index is 12.0. The van der Waals surface area contributed by atoms with Crippen LogP contribution in [0, 0.1) is 5.92 Å². The summed E-state index contributed by atoms with van der Waals surface area (Å²) < 4.78 is 14.7. The minimum absolute atomic E-state index is 0.00628. The van der Waals surface area contributed by atoms with Gasteiger partial charge in [-0.3, -0.25) is 19.3 Å². The summed E-state index contributed by atoms with van der Waals surface area (Å²) >= 11 is 0.695. The van der Waals surface area contributed by atoms with Gasteiger partial charge in [0.25, 0.3) is 0 Å². The monoisotopic (exact) mass is 417 g/mol. The lowest BCUT2D eigenvalue weighted by Crippen LogP contribution is -2.33.